The number of thiophene rings is 1. The van der Waals surface area contributed by atoms with Gasteiger partial charge < -0.3 is 9.80 Å². The van der Waals surface area contributed by atoms with Crippen LogP contribution in [-0.4, -0.2) is 6.71 Å². The van der Waals surface area contributed by atoms with Gasteiger partial charge >= 0.3 is 0 Å². The lowest BCUT2D eigenvalue weighted by molar-refractivity contribution is 0.332. The molecule has 4 aliphatic carbocycles. The zero-order valence-electron chi connectivity index (χ0n) is 42.4. The Morgan fingerprint density at radius 1 is 0.406 bits per heavy atom. The molecule has 64 heavy (non-hydrogen) atoms. The monoisotopic (exact) mass is 867 g/mol. The molecule has 0 fully saturated rings. The van der Waals surface area contributed by atoms with Gasteiger partial charge in [0.25, 0.3) is 6.71 Å². The van der Waals surface area contributed by atoms with Crippen LogP contribution in [0.15, 0.2) is 66.7 Å². The molecule has 0 radical (unpaired) electrons. The zero-order valence-corrected chi connectivity index (χ0v) is 43.2. The van der Waals surface area contributed by atoms with Crippen molar-refractivity contribution in [3.8, 4) is 0 Å². The molecule has 2 nitrogen and oxygen atoms in total. The molecule has 0 N–H and O–H groups in total. The lowest BCUT2D eigenvalue weighted by Gasteiger charge is -2.48. The molecule has 334 valence electrons. The van der Waals surface area contributed by atoms with Crippen LogP contribution < -0.4 is 25.5 Å². The Hall–Kier alpha value is -3.76. The molecule has 6 aliphatic rings. The fourth-order valence-corrected chi connectivity index (χ4v) is 15.5. The fraction of sp³-hybridized carbons (Fsp3) is 0.533. The lowest BCUT2D eigenvalue weighted by Crippen LogP contribution is -2.61. The molecule has 5 aromatic rings. The van der Waals surface area contributed by atoms with E-state index >= 15 is 0 Å². The maximum atomic E-state index is 2.79. The number of hydrogen-bond acceptors (Lipinski definition) is 3. The second-order valence-corrected chi connectivity index (χ2v) is 27.9. The first-order valence-electron chi connectivity index (χ1n) is 25.1. The standard InChI is InChI=1S/C60H75BN2S/c1-53(2)24-26-55(5,6)40-32-36(20-22-38(40)53)62-45-18-17-19-46-49(45)61(44-34-42-43(35-47(44)62)58(11,12)29-28-57(42,9)10)52-50(48-51(64-52)60(15,16)31-30-59(48,13)14)63(46)37-21-23-39-41(33-37)56(7,8)27-25-54(39,3)4/h17-23,32-35H,24-31H2,1-16H3. The molecule has 0 saturated heterocycles. The highest BCUT2D eigenvalue weighted by atomic mass is 32.1. The summed E-state index contributed by atoms with van der Waals surface area (Å²) in [5.74, 6) is 0. The van der Waals surface area contributed by atoms with Crippen LogP contribution in [0.1, 0.15) is 206 Å². The Morgan fingerprint density at radius 3 is 1.33 bits per heavy atom. The summed E-state index contributed by atoms with van der Waals surface area (Å²) in [6.07, 6.45) is 9.67. The van der Waals surface area contributed by atoms with Gasteiger partial charge in [-0.15, -0.1) is 0 Å². The quantitative estimate of drug-likeness (QED) is 0.160. The molecule has 0 saturated carbocycles. The van der Waals surface area contributed by atoms with E-state index in [1.54, 1.807) is 20.8 Å². The van der Waals surface area contributed by atoms with Gasteiger partial charge in [-0.25, -0.2) is 0 Å². The van der Waals surface area contributed by atoms with E-state index in [1.807, 2.05) is 0 Å². The van der Waals surface area contributed by atoms with E-state index in [2.05, 4.69) is 199 Å². The first-order valence-corrected chi connectivity index (χ1v) is 25.9. The van der Waals surface area contributed by atoms with Crippen LogP contribution in [0.2, 0.25) is 0 Å². The van der Waals surface area contributed by atoms with Crippen LogP contribution in [0.4, 0.5) is 34.1 Å². The van der Waals surface area contributed by atoms with Gasteiger partial charge in [0, 0.05) is 38.1 Å². The number of benzene rings is 4. The van der Waals surface area contributed by atoms with Gasteiger partial charge in [0.05, 0.1) is 5.69 Å². The maximum absolute atomic E-state index is 2.79. The van der Waals surface area contributed by atoms with Gasteiger partial charge in [0.15, 0.2) is 0 Å². The van der Waals surface area contributed by atoms with Crippen molar-refractivity contribution >= 4 is 67.9 Å². The van der Waals surface area contributed by atoms with E-state index in [9.17, 15) is 0 Å². The zero-order chi connectivity index (χ0) is 45.7. The Kier molecular flexibility index (Phi) is 8.72. The Morgan fingerprint density at radius 2 is 0.812 bits per heavy atom. The summed E-state index contributed by atoms with van der Waals surface area (Å²) in [5, 5.41) is 0. The highest BCUT2D eigenvalue weighted by molar-refractivity contribution is 7.29. The smallest absolute Gasteiger partial charge is 0.264 e. The van der Waals surface area contributed by atoms with Crippen molar-refractivity contribution in [1.29, 1.82) is 0 Å². The number of nitrogens with zero attached hydrogens (tertiary/aromatic N) is 2. The number of rotatable bonds is 2. The van der Waals surface area contributed by atoms with Crippen molar-refractivity contribution in [2.24, 2.45) is 0 Å². The molecule has 0 amide bonds. The van der Waals surface area contributed by atoms with Crippen LogP contribution in [0.3, 0.4) is 0 Å². The number of hydrogen-bond donors (Lipinski definition) is 0. The van der Waals surface area contributed by atoms with Crippen LogP contribution in [0.5, 0.6) is 0 Å². The minimum Gasteiger partial charge on any atom is -0.311 e. The lowest BCUT2D eigenvalue weighted by atomic mass is 9.35. The van der Waals surface area contributed by atoms with E-state index in [0.717, 1.165) is 0 Å². The Balaban J connectivity index is 1.26. The minimum absolute atomic E-state index is 0.0485. The topological polar surface area (TPSA) is 6.48 Å². The fourth-order valence-electron chi connectivity index (χ4n) is 13.8. The first kappa shape index (κ1) is 42.9. The summed E-state index contributed by atoms with van der Waals surface area (Å²) in [7, 11) is 0. The van der Waals surface area contributed by atoms with E-state index in [4.69, 9.17) is 0 Å². The van der Waals surface area contributed by atoms with Gasteiger partial charge in [-0.05, 0) is 187 Å². The van der Waals surface area contributed by atoms with Crippen molar-refractivity contribution in [1.82, 2.24) is 0 Å². The molecule has 3 heterocycles. The molecular formula is C60H75BN2S. The van der Waals surface area contributed by atoms with Gasteiger partial charge in [0.1, 0.15) is 0 Å². The Bertz CT molecular complexity index is 2820. The predicted octanol–water partition coefficient (Wildman–Crippen LogP) is 15.2. The van der Waals surface area contributed by atoms with Crippen molar-refractivity contribution in [3.63, 3.8) is 0 Å². The molecule has 0 spiro atoms. The SMILES string of the molecule is CC1(C)CCC(C)(C)c2cc(N3c4cc5c(cc4B4c6sc7c(c6N(c6ccc8c(c6)C(C)(C)CCC8(C)C)c6cccc3c64)C(C)(C)CCC7(C)C)C(C)(C)CCC5(C)C)ccc21. The summed E-state index contributed by atoms with van der Waals surface area (Å²) in [6, 6.07) is 28.0. The summed E-state index contributed by atoms with van der Waals surface area (Å²) in [6.45, 7) is 40.1. The van der Waals surface area contributed by atoms with E-state index < -0.39 is 0 Å². The van der Waals surface area contributed by atoms with Crippen molar-refractivity contribution in [3.05, 3.63) is 111 Å². The molecule has 4 heteroatoms. The average molecular weight is 867 g/mol. The number of anilines is 6. The molecule has 1 aromatic heterocycles. The summed E-state index contributed by atoms with van der Waals surface area (Å²) >= 11 is 2.17. The first-order chi connectivity index (χ1) is 29.7. The van der Waals surface area contributed by atoms with Crippen LogP contribution in [0, 0.1) is 0 Å². The van der Waals surface area contributed by atoms with Gasteiger partial charge in [-0.3, -0.25) is 0 Å². The summed E-state index contributed by atoms with van der Waals surface area (Å²) in [4.78, 5) is 7.12. The molecule has 2 aliphatic heterocycles. The van der Waals surface area contributed by atoms with Crippen molar-refractivity contribution in [2.45, 2.75) is 205 Å². The third-order valence-corrected chi connectivity index (χ3v) is 20.2. The Labute approximate surface area is 391 Å². The predicted molar refractivity (Wildman–Crippen MR) is 279 cm³/mol. The second kappa shape index (κ2) is 13.0. The second-order valence-electron chi connectivity index (χ2n) is 26.8. The largest absolute Gasteiger partial charge is 0.311 e. The van der Waals surface area contributed by atoms with Gasteiger partial charge in [0.2, 0.25) is 0 Å². The third kappa shape index (κ3) is 5.87. The van der Waals surface area contributed by atoms with E-state index in [1.165, 1.54) is 124 Å². The minimum atomic E-state index is 0.0485. The average Bonchev–Trinajstić information content (AvgIpc) is 3.64. The summed E-state index contributed by atoms with van der Waals surface area (Å²) in [5.41, 5.74) is 22.8. The normalized spacial score (nSPS) is 23.7. The molecule has 0 unspecified atom stereocenters. The van der Waals surface area contributed by atoms with Gasteiger partial charge in [-0.2, -0.15) is 11.3 Å². The molecule has 0 atom stereocenters. The molecule has 4 aromatic carbocycles. The number of fused-ring (bicyclic) bond motifs is 9. The summed E-state index contributed by atoms with van der Waals surface area (Å²) < 4.78 is 1.55. The molecular weight excluding hydrogens is 792 g/mol. The van der Waals surface area contributed by atoms with Crippen LogP contribution in [-0.2, 0) is 43.3 Å². The molecule has 11 rings (SSSR count). The van der Waals surface area contributed by atoms with Crippen LogP contribution in [0.25, 0.3) is 0 Å². The van der Waals surface area contributed by atoms with Gasteiger partial charge in [-0.1, -0.05) is 135 Å². The van der Waals surface area contributed by atoms with Crippen molar-refractivity contribution in [2.75, 3.05) is 9.80 Å². The van der Waals surface area contributed by atoms with E-state index in [0.29, 0.717) is 0 Å². The maximum Gasteiger partial charge on any atom is 0.264 e. The van der Waals surface area contributed by atoms with Crippen LogP contribution >= 0.6 is 11.3 Å². The highest BCUT2D eigenvalue weighted by Gasteiger charge is 2.52. The highest BCUT2D eigenvalue weighted by Crippen LogP contribution is 2.58. The van der Waals surface area contributed by atoms with Crippen molar-refractivity contribution < 1.29 is 0 Å². The molecule has 0 bridgehead atoms. The van der Waals surface area contributed by atoms with E-state index in [-0.39, 0.29) is 50.0 Å². The third-order valence-electron chi connectivity index (χ3n) is 18.6.